The summed E-state index contributed by atoms with van der Waals surface area (Å²) in [5, 5.41) is 11.7. The molecule has 2 unspecified atom stereocenters. The third-order valence-electron chi connectivity index (χ3n) is 8.10. The largest absolute Gasteiger partial charge is 0.347 e. The second-order valence-corrected chi connectivity index (χ2v) is 11.6. The molecule has 0 radical (unpaired) electrons. The molecule has 2 atom stereocenters. The van der Waals surface area contributed by atoms with Crippen LogP contribution in [0.15, 0.2) is 29.0 Å². The Kier molecular flexibility index (Phi) is 9.68. The van der Waals surface area contributed by atoms with E-state index < -0.39 is 5.54 Å². The first-order valence-corrected chi connectivity index (χ1v) is 14.2. The van der Waals surface area contributed by atoms with Crippen molar-refractivity contribution in [1.82, 2.24) is 30.3 Å². The monoisotopic (exact) mass is 564 g/mol. The minimum Gasteiger partial charge on any atom is -0.347 e. The van der Waals surface area contributed by atoms with Gasteiger partial charge in [0.2, 0.25) is 5.91 Å². The average molecular weight is 566 g/mol. The number of piperidine rings is 2. The van der Waals surface area contributed by atoms with Crippen LogP contribution >= 0.6 is 23.2 Å². The van der Waals surface area contributed by atoms with Crippen LogP contribution < -0.4 is 5.32 Å². The highest BCUT2D eigenvalue weighted by atomic mass is 35.5. The summed E-state index contributed by atoms with van der Waals surface area (Å²) >= 11 is 12.6. The Labute approximate surface area is 234 Å². The quantitative estimate of drug-likeness (QED) is 0.490. The van der Waals surface area contributed by atoms with Gasteiger partial charge in [-0.05, 0) is 81.0 Å². The van der Waals surface area contributed by atoms with E-state index in [0.717, 1.165) is 70.1 Å². The first-order chi connectivity index (χ1) is 18.2. The molecule has 0 aliphatic carbocycles. The van der Waals surface area contributed by atoms with E-state index in [4.69, 9.17) is 23.2 Å². The molecule has 4 rings (SSSR count). The topological polar surface area (TPSA) is 94.8 Å². The van der Waals surface area contributed by atoms with Crippen molar-refractivity contribution in [2.24, 2.45) is 0 Å². The zero-order valence-corrected chi connectivity index (χ0v) is 24.0. The van der Waals surface area contributed by atoms with E-state index in [1.807, 2.05) is 32.3 Å². The second-order valence-electron chi connectivity index (χ2n) is 10.8. The Morgan fingerprint density at radius 3 is 2.61 bits per heavy atom. The lowest BCUT2D eigenvalue weighted by Gasteiger charge is -2.51. The van der Waals surface area contributed by atoms with Crippen LogP contribution in [0.4, 0.5) is 0 Å². The molecule has 1 aromatic carbocycles. The van der Waals surface area contributed by atoms with Gasteiger partial charge in [0.05, 0.1) is 10.0 Å². The predicted molar refractivity (Wildman–Crippen MR) is 148 cm³/mol. The van der Waals surface area contributed by atoms with E-state index in [2.05, 4.69) is 25.2 Å². The first kappa shape index (κ1) is 28.8. The molecular formula is C27H38Cl2N6O3. The molecule has 0 spiro atoms. The van der Waals surface area contributed by atoms with Crippen LogP contribution in [-0.2, 0) is 4.79 Å². The van der Waals surface area contributed by atoms with E-state index in [0.29, 0.717) is 16.6 Å². The smallest absolute Gasteiger partial charge is 0.277 e. The highest BCUT2D eigenvalue weighted by molar-refractivity contribution is 6.42. The lowest BCUT2D eigenvalue weighted by molar-refractivity contribution is -0.148. The lowest BCUT2D eigenvalue weighted by atomic mass is 9.80. The van der Waals surface area contributed by atoms with Crippen molar-refractivity contribution in [2.75, 3.05) is 47.3 Å². The van der Waals surface area contributed by atoms with Crippen LogP contribution in [-0.4, -0.2) is 95.7 Å². The Hall–Kier alpha value is -2.20. The van der Waals surface area contributed by atoms with Gasteiger partial charge < -0.3 is 15.1 Å². The molecule has 208 valence electrons. The van der Waals surface area contributed by atoms with Crippen molar-refractivity contribution in [3.05, 3.63) is 45.7 Å². The number of hydrogen-bond acceptors (Lipinski definition) is 7. The van der Waals surface area contributed by atoms with E-state index >= 15 is 0 Å². The summed E-state index contributed by atoms with van der Waals surface area (Å²) in [5.41, 5.74) is 0.737. The highest BCUT2D eigenvalue weighted by Gasteiger charge is 2.48. The normalized spacial score (nSPS) is 20.6. The number of aromatic nitrogens is 2. The Bertz CT molecular complexity index is 1090. The Morgan fingerprint density at radius 1 is 1.18 bits per heavy atom. The van der Waals surface area contributed by atoms with Gasteiger partial charge in [-0.1, -0.05) is 40.8 Å². The molecule has 2 aromatic rings. The van der Waals surface area contributed by atoms with Gasteiger partial charge in [0.1, 0.15) is 11.7 Å². The van der Waals surface area contributed by atoms with E-state index in [1.54, 1.807) is 16.8 Å². The zero-order valence-electron chi connectivity index (χ0n) is 22.5. The molecule has 11 heteroatoms. The number of carbonyl (C=O) groups is 2. The molecule has 38 heavy (non-hydrogen) atoms. The predicted octanol–water partition coefficient (Wildman–Crippen LogP) is 4.08. The van der Waals surface area contributed by atoms with Gasteiger partial charge in [-0.2, -0.15) is 0 Å². The Morgan fingerprint density at radius 2 is 1.95 bits per heavy atom. The van der Waals surface area contributed by atoms with Crippen molar-refractivity contribution in [1.29, 1.82) is 0 Å². The second kappa shape index (κ2) is 12.8. The van der Waals surface area contributed by atoms with Gasteiger partial charge in [-0.15, -0.1) is 0 Å². The number of halogens is 2. The van der Waals surface area contributed by atoms with Crippen LogP contribution in [0.1, 0.15) is 66.9 Å². The molecule has 2 fully saturated rings. The van der Waals surface area contributed by atoms with Crippen LogP contribution in [0, 0.1) is 0 Å². The van der Waals surface area contributed by atoms with Crippen LogP contribution in [0.3, 0.4) is 0 Å². The molecule has 9 nitrogen and oxygen atoms in total. The van der Waals surface area contributed by atoms with Crippen LogP contribution in [0.2, 0.25) is 10.0 Å². The highest BCUT2D eigenvalue weighted by Crippen LogP contribution is 2.37. The van der Waals surface area contributed by atoms with Crippen LogP contribution in [0.5, 0.6) is 0 Å². The third-order valence-corrected chi connectivity index (χ3v) is 8.84. The summed E-state index contributed by atoms with van der Waals surface area (Å²) in [6.07, 6.45) is 8.02. The maximum atomic E-state index is 13.6. The molecule has 0 saturated carbocycles. The minimum atomic E-state index is -0.467. The molecule has 1 aromatic heterocycles. The lowest BCUT2D eigenvalue weighted by Crippen LogP contribution is -2.66. The standard InChI is InChI=1S/C27H38Cl2N6O3/c1-33(2)26(37)27(11-13-30-14-12-27)35-15-5-4-6-21(35)9-7-20(19-8-10-22(28)23(29)16-19)18-34(3)25(36)24-17-31-38-32-24/h8,10,16-17,20-21,30H,4-7,9,11-15,18H2,1-3H3. The Balaban J connectivity index is 1.56. The number of likely N-dealkylation sites (N-methyl/N-ethyl adjacent to an activating group) is 2. The molecule has 2 aliphatic rings. The van der Waals surface area contributed by atoms with Gasteiger partial charge in [-0.25, -0.2) is 4.63 Å². The summed E-state index contributed by atoms with van der Waals surface area (Å²) < 4.78 is 4.63. The number of benzene rings is 1. The van der Waals surface area contributed by atoms with Crippen molar-refractivity contribution < 1.29 is 14.2 Å². The van der Waals surface area contributed by atoms with Gasteiger partial charge in [-0.3, -0.25) is 14.5 Å². The summed E-state index contributed by atoms with van der Waals surface area (Å²) in [6, 6.07) is 5.98. The molecular weight excluding hydrogens is 527 g/mol. The maximum absolute atomic E-state index is 13.6. The number of nitrogens with zero attached hydrogens (tertiary/aromatic N) is 5. The average Bonchev–Trinajstić information content (AvgIpc) is 3.47. The van der Waals surface area contributed by atoms with Gasteiger partial charge in [0.25, 0.3) is 5.91 Å². The van der Waals surface area contributed by atoms with E-state index in [-0.39, 0.29) is 29.5 Å². The first-order valence-electron chi connectivity index (χ1n) is 13.4. The molecule has 1 N–H and O–H groups in total. The molecule has 2 amide bonds. The minimum absolute atomic E-state index is 0.0240. The summed E-state index contributed by atoms with van der Waals surface area (Å²) in [6.45, 7) is 3.10. The number of carbonyl (C=O) groups excluding carboxylic acids is 2. The van der Waals surface area contributed by atoms with Crippen LogP contribution in [0.25, 0.3) is 0 Å². The van der Waals surface area contributed by atoms with Crippen molar-refractivity contribution >= 4 is 35.0 Å². The number of amides is 2. The van der Waals surface area contributed by atoms with Crippen molar-refractivity contribution in [3.8, 4) is 0 Å². The number of hydrogen-bond donors (Lipinski definition) is 1. The van der Waals surface area contributed by atoms with E-state index in [1.165, 1.54) is 6.20 Å². The molecule has 2 aliphatic heterocycles. The number of nitrogens with one attached hydrogen (secondary N) is 1. The molecule has 2 saturated heterocycles. The van der Waals surface area contributed by atoms with Crippen molar-refractivity contribution in [2.45, 2.75) is 62.4 Å². The summed E-state index contributed by atoms with van der Waals surface area (Å²) in [5.74, 6) is -0.0183. The van der Waals surface area contributed by atoms with Gasteiger partial charge in [0, 0.05) is 39.6 Å². The summed E-state index contributed by atoms with van der Waals surface area (Å²) in [7, 11) is 5.49. The van der Waals surface area contributed by atoms with Crippen molar-refractivity contribution in [3.63, 3.8) is 0 Å². The third kappa shape index (κ3) is 6.33. The fourth-order valence-corrected chi connectivity index (χ4v) is 6.44. The van der Waals surface area contributed by atoms with Gasteiger partial charge in [0.15, 0.2) is 5.69 Å². The molecule has 3 heterocycles. The fraction of sp³-hybridized carbons (Fsp3) is 0.630. The number of rotatable bonds is 9. The van der Waals surface area contributed by atoms with E-state index in [9.17, 15) is 9.59 Å². The van der Waals surface area contributed by atoms with Gasteiger partial charge >= 0.3 is 0 Å². The SMILES string of the molecule is CN(C)C(=O)C1(N2CCCCC2CCC(CN(C)C(=O)c2cnon2)c2ccc(Cl)c(Cl)c2)CCNCC1. The number of likely N-dealkylation sites (tertiary alicyclic amines) is 1. The fourth-order valence-electron chi connectivity index (χ4n) is 6.14. The maximum Gasteiger partial charge on any atom is 0.277 e. The zero-order chi connectivity index (χ0) is 27.3. The summed E-state index contributed by atoms with van der Waals surface area (Å²) in [4.78, 5) is 32.4. The molecule has 0 bridgehead atoms.